The van der Waals surface area contributed by atoms with Crippen LogP contribution in [-0.2, 0) is 19.2 Å². The summed E-state index contributed by atoms with van der Waals surface area (Å²) < 4.78 is 17.9. The van der Waals surface area contributed by atoms with Gasteiger partial charge in [-0.3, -0.25) is 19.2 Å². The van der Waals surface area contributed by atoms with E-state index in [2.05, 4.69) is 10.6 Å². The van der Waals surface area contributed by atoms with E-state index < -0.39 is 49.2 Å². The minimum Gasteiger partial charge on any atom is -0.483 e. The lowest BCUT2D eigenvalue weighted by molar-refractivity contribution is -0.140. The fourth-order valence-electron chi connectivity index (χ4n) is 2.45. The van der Waals surface area contributed by atoms with Crippen LogP contribution < -0.4 is 15.4 Å². The predicted octanol–water partition coefficient (Wildman–Crippen LogP) is 0.833. The van der Waals surface area contributed by atoms with Gasteiger partial charge in [0.15, 0.2) is 12.4 Å². The first-order valence-corrected chi connectivity index (χ1v) is 8.37. The predicted molar refractivity (Wildman–Crippen MR) is 97.6 cm³/mol. The molecule has 0 aromatic heterocycles. The third kappa shape index (κ3) is 6.04. The van der Waals surface area contributed by atoms with Crippen LogP contribution in [0.4, 0.5) is 4.39 Å². The van der Waals surface area contributed by atoms with Gasteiger partial charge in [0, 0.05) is 5.39 Å². The standard InChI is InChI=1S/C19H19FN2O6/c20-9-15(23)14(8-19(26)27)22-17(24)10-21-18(25)11-28-16-7-3-5-12-4-1-2-6-13(12)16/h1-7,14H,8-11H2,(H,21,25)(H,22,24)(H,26,27). The summed E-state index contributed by atoms with van der Waals surface area (Å²) in [5, 5.41) is 14.9. The summed E-state index contributed by atoms with van der Waals surface area (Å²) in [7, 11) is 0. The van der Waals surface area contributed by atoms with Crippen molar-refractivity contribution < 1.29 is 33.4 Å². The number of ether oxygens (including phenoxy) is 1. The van der Waals surface area contributed by atoms with Crippen molar-refractivity contribution in [2.75, 3.05) is 19.8 Å². The van der Waals surface area contributed by atoms with E-state index in [1.54, 1.807) is 12.1 Å². The van der Waals surface area contributed by atoms with Gasteiger partial charge in [-0.1, -0.05) is 36.4 Å². The lowest BCUT2D eigenvalue weighted by Crippen LogP contribution is -2.47. The number of carboxylic acids is 1. The van der Waals surface area contributed by atoms with Gasteiger partial charge in [0.2, 0.25) is 5.91 Å². The van der Waals surface area contributed by atoms with Crippen molar-refractivity contribution in [3.05, 3.63) is 42.5 Å². The first kappa shape index (κ1) is 20.8. The van der Waals surface area contributed by atoms with E-state index in [9.17, 15) is 23.6 Å². The molecule has 9 heteroatoms. The zero-order valence-corrected chi connectivity index (χ0v) is 14.8. The van der Waals surface area contributed by atoms with Gasteiger partial charge in [0.1, 0.15) is 18.5 Å². The van der Waals surface area contributed by atoms with Gasteiger partial charge in [-0.05, 0) is 11.5 Å². The summed E-state index contributed by atoms with van der Waals surface area (Å²) in [6.45, 7) is -2.25. The van der Waals surface area contributed by atoms with E-state index in [-0.39, 0.29) is 6.61 Å². The number of ketones is 1. The molecule has 0 aliphatic rings. The Balaban J connectivity index is 1.83. The Morgan fingerprint density at radius 2 is 1.75 bits per heavy atom. The molecule has 0 aliphatic heterocycles. The maximum atomic E-state index is 12.4. The van der Waals surface area contributed by atoms with Crippen molar-refractivity contribution in [2.45, 2.75) is 12.5 Å². The molecule has 0 fully saturated rings. The molecular weight excluding hydrogens is 371 g/mol. The van der Waals surface area contributed by atoms with Crippen molar-refractivity contribution in [3.63, 3.8) is 0 Å². The molecule has 1 atom stereocenters. The number of nitrogens with one attached hydrogen (secondary N) is 2. The highest BCUT2D eigenvalue weighted by atomic mass is 19.1. The van der Waals surface area contributed by atoms with Crippen molar-refractivity contribution in [3.8, 4) is 5.75 Å². The molecular formula is C19H19FN2O6. The Bertz CT molecular complexity index is 880. The zero-order valence-electron chi connectivity index (χ0n) is 14.8. The van der Waals surface area contributed by atoms with Gasteiger partial charge in [0.05, 0.1) is 13.0 Å². The van der Waals surface area contributed by atoms with Gasteiger partial charge in [0.25, 0.3) is 5.91 Å². The molecule has 148 valence electrons. The van der Waals surface area contributed by atoms with E-state index in [1.165, 1.54) is 0 Å². The Morgan fingerprint density at radius 3 is 2.46 bits per heavy atom. The number of hydrogen-bond donors (Lipinski definition) is 3. The molecule has 0 radical (unpaired) electrons. The van der Waals surface area contributed by atoms with Crippen molar-refractivity contribution in [1.29, 1.82) is 0 Å². The Labute approximate surface area is 159 Å². The molecule has 8 nitrogen and oxygen atoms in total. The Hall–Kier alpha value is -3.49. The highest BCUT2D eigenvalue weighted by Crippen LogP contribution is 2.24. The number of halogens is 1. The van der Waals surface area contributed by atoms with Crippen LogP contribution in [0.5, 0.6) is 5.75 Å². The third-order valence-electron chi connectivity index (χ3n) is 3.79. The number of carbonyl (C=O) groups is 4. The maximum absolute atomic E-state index is 12.4. The lowest BCUT2D eigenvalue weighted by atomic mass is 10.1. The molecule has 2 aromatic carbocycles. The largest absolute Gasteiger partial charge is 0.483 e. The molecule has 1 unspecified atom stereocenters. The SMILES string of the molecule is O=C(O)CC(NC(=O)CNC(=O)COc1cccc2ccccc12)C(=O)CF. The summed E-state index contributed by atoms with van der Waals surface area (Å²) in [6, 6.07) is 11.4. The zero-order chi connectivity index (χ0) is 20.5. The summed E-state index contributed by atoms with van der Waals surface area (Å²) >= 11 is 0. The number of rotatable bonds is 10. The third-order valence-corrected chi connectivity index (χ3v) is 3.79. The molecule has 0 saturated carbocycles. The molecule has 0 aliphatic carbocycles. The topological polar surface area (TPSA) is 122 Å². The van der Waals surface area contributed by atoms with Gasteiger partial charge < -0.3 is 20.5 Å². The fourth-order valence-corrected chi connectivity index (χ4v) is 2.45. The van der Waals surface area contributed by atoms with Crippen LogP contribution in [0.15, 0.2) is 42.5 Å². The van der Waals surface area contributed by atoms with Gasteiger partial charge in [-0.15, -0.1) is 0 Å². The van der Waals surface area contributed by atoms with E-state index in [0.29, 0.717) is 5.75 Å². The normalized spacial score (nSPS) is 11.5. The minimum atomic E-state index is -1.49. The van der Waals surface area contributed by atoms with Crippen LogP contribution in [0.3, 0.4) is 0 Å². The number of carboxylic acid groups (broad SMARTS) is 1. The van der Waals surface area contributed by atoms with E-state index in [0.717, 1.165) is 10.8 Å². The first-order chi connectivity index (χ1) is 13.4. The molecule has 3 N–H and O–H groups in total. The van der Waals surface area contributed by atoms with E-state index >= 15 is 0 Å². The summed E-state index contributed by atoms with van der Waals surface area (Å²) in [6.07, 6.45) is -0.743. The smallest absolute Gasteiger partial charge is 0.305 e. The number of alkyl halides is 1. The van der Waals surface area contributed by atoms with E-state index in [1.807, 2.05) is 30.3 Å². The molecule has 2 rings (SSSR count). The van der Waals surface area contributed by atoms with Crippen molar-refractivity contribution in [2.24, 2.45) is 0 Å². The molecule has 2 aromatic rings. The molecule has 0 heterocycles. The second-order valence-corrected chi connectivity index (χ2v) is 5.86. The number of aliphatic carboxylic acids is 1. The highest BCUT2D eigenvalue weighted by molar-refractivity contribution is 5.94. The number of hydrogen-bond acceptors (Lipinski definition) is 5. The van der Waals surface area contributed by atoms with Crippen LogP contribution in [0.2, 0.25) is 0 Å². The maximum Gasteiger partial charge on any atom is 0.305 e. The lowest BCUT2D eigenvalue weighted by Gasteiger charge is -2.15. The highest BCUT2D eigenvalue weighted by Gasteiger charge is 2.23. The Morgan fingerprint density at radius 1 is 1.04 bits per heavy atom. The van der Waals surface area contributed by atoms with Gasteiger partial charge in [-0.2, -0.15) is 0 Å². The van der Waals surface area contributed by atoms with Gasteiger partial charge in [-0.25, -0.2) is 4.39 Å². The number of benzene rings is 2. The fraction of sp³-hybridized carbons (Fsp3) is 0.263. The quantitative estimate of drug-likeness (QED) is 0.553. The number of Topliss-reactive ketones (excluding diaryl/α,β-unsaturated/α-hetero) is 1. The average molecular weight is 390 g/mol. The van der Waals surface area contributed by atoms with Crippen LogP contribution >= 0.6 is 0 Å². The molecule has 2 amide bonds. The van der Waals surface area contributed by atoms with Gasteiger partial charge >= 0.3 is 5.97 Å². The second-order valence-electron chi connectivity index (χ2n) is 5.86. The molecule has 28 heavy (non-hydrogen) atoms. The first-order valence-electron chi connectivity index (χ1n) is 8.37. The van der Waals surface area contributed by atoms with Crippen molar-refractivity contribution >= 4 is 34.3 Å². The number of fused-ring (bicyclic) bond motifs is 1. The van der Waals surface area contributed by atoms with Crippen molar-refractivity contribution in [1.82, 2.24) is 10.6 Å². The average Bonchev–Trinajstić information content (AvgIpc) is 2.69. The van der Waals surface area contributed by atoms with E-state index in [4.69, 9.17) is 9.84 Å². The van der Waals surface area contributed by atoms with Crippen LogP contribution in [0.25, 0.3) is 10.8 Å². The summed E-state index contributed by atoms with van der Waals surface area (Å²) in [5.41, 5.74) is 0. The minimum absolute atomic E-state index is 0.344. The molecule has 0 saturated heterocycles. The molecule has 0 bridgehead atoms. The number of amides is 2. The number of carbonyl (C=O) groups excluding carboxylic acids is 3. The Kier molecular flexibility index (Phi) is 7.44. The van der Waals surface area contributed by atoms with Crippen LogP contribution in [0, 0.1) is 0 Å². The summed E-state index contributed by atoms with van der Waals surface area (Å²) in [5.74, 6) is -3.31. The second kappa shape index (κ2) is 10.0. The molecule has 0 spiro atoms. The van der Waals surface area contributed by atoms with Crippen LogP contribution in [-0.4, -0.2) is 54.5 Å². The summed E-state index contributed by atoms with van der Waals surface area (Å²) in [4.78, 5) is 45.7. The monoisotopic (exact) mass is 390 g/mol. The van der Waals surface area contributed by atoms with Crippen LogP contribution in [0.1, 0.15) is 6.42 Å².